The molecule has 0 bridgehead atoms. The summed E-state index contributed by atoms with van der Waals surface area (Å²) in [6.45, 7) is 2.11. The zero-order chi connectivity index (χ0) is 23.8. The number of amides is 1. The predicted molar refractivity (Wildman–Crippen MR) is 133 cm³/mol. The Balaban J connectivity index is 1.63. The Morgan fingerprint density at radius 2 is 2.03 bits per heavy atom. The van der Waals surface area contributed by atoms with Gasteiger partial charge in [0.15, 0.2) is 0 Å². The van der Waals surface area contributed by atoms with Crippen molar-refractivity contribution in [2.75, 3.05) is 44.5 Å². The van der Waals surface area contributed by atoms with Crippen molar-refractivity contribution in [1.82, 2.24) is 4.90 Å². The van der Waals surface area contributed by atoms with Crippen molar-refractivity contribution < 1.29 is 24.2 Å². The first kappa shape index (κ1) is 22.7. The maximum Gasteiger partial charge on any atom is 0.407 e. The van der Waals surface area contributed by atoms with Crippen molar-refractivity contribution in [3.8, 4) is 16.9 Å². The highest BCUT2D eigenvalue weighted by molar-refractivity contribution is 7.99. The van der Waals surface area contributed by atoms with Crippen LogP contribution in [0.15, 0.2) is 41.3 Å². The molecule has 0 saturated carbocycles. The molecule has 0 aromatic heterocycles. The molecule has 1 saturated heterocycles. The van der Waals surface area contributed by atoms with Crippen LogP contribution in [0.1, 0.15) is 29.9 Å². The Bertz CT molecular complexity index is 1160. The number of esters is 1. The van der Waals surface area contributed by atoms with Crippen LogP contribution in [-0.4, -0.2) is 67.7 Å². The third kappa shape index (κ3) is 4.00. The van der Waals surface area contributed by atoms with E-state index in [0.29, 0.717) is 24.9 Å². The fourth-order valence-corrected chi connectivity index (χ4v) is 6.51. The normalized spacial score (nSPS) is 21.1. The largest absolute Gasteiger partial charge is 0.497 e. The number of fused-ring (bicyclic) bond motifs is 3. The second kappa shape index (κ2) is 9.25. The SMILES string of the molecule is COC(=O)/C=C/c1cc(OC)ccc1-c1cc2c3c(c1)[C@@H]1CN(C(=O)O)CC[C@@H]1N3CCCS2. The Kier molecular flexibility index (Phi) is 6.16. The molecule has 0 aliphatic carbocycles. The van der Waals surface area contributed by atoms with Crippen LogP contribution in [0.3, 0.4) is 0 Å². The average molecular weight is 481 g/mol. The molecule has 0 radical (unpaired) electrons. The highest BCUT2D eigenvalue weighted by Crippen LogP contribution is 2.52. The van der Waals surface area contributed by atoms with E-state index in [2.05, 4.69) is 17.0 Å². The van der Waals surface area contributed by atoms with Gasteiger partial charge in [-0.2, -0.15) is 0 Å². The van der Waals surface area contributed by atoms with Gasteiger partial charge < -0.3 is 24.4 Å². The fraction of sp³-hybridized carbons (Fsp3) is 0.385. The second-order valence-corrected chi connectivity index (χ2v) is 9.95. The highest BCUT2D eigenvalue weighted by Gasteiger charge is 2.44. The van der Waals surface area contributed by atoms with Crippen molar-refractivity contribution in [1.29, 1.82) is 0 Å². The first-order valence-electron chi connectivity index (χ1n) is 11.5. The van der Waals surface area contributed by atoms with Crippen LogP contribution in [0, 0.1) is 0 Å². The van der Waals surface area contributed by atoms with Gasteiger partial charge >= 0.3 is 12.1 Å². The van der Waals surface area contributed by atoms with E-state index in [1.165, 1.54) is 29.3 Å². The first-order chi connectivity index (χ1) is 16.5. The molecule has 2 atom stereocenters. The van der Waals surface area contributed by atoms with E-state index in [-0.39, 0.29) is 5.92 Å². The van der Waals surface area contributed by atoms with Gasteiger partial charge in [-0.15, -0.1) is 11.8 Å². The number of carbonyl (C=O) groups is 2. The summed E-state index contributed by atoms with van der Waals surface area (Å²) in [5.41, 5.74) is 5.43. The number of benzene rings is 2. The number of methoxy groups -OCH3 is 2. The quantitative estimate of drug-likeness (QED) is 0.502. The number of hydrogen-bond acceptors (Lipinski definition) is 6. The van der Waals surface area contributed by atoms with Crippen LogP contribution in [0.25, 0.3) is 17.2 Å². The monoisotopic (exact) mass is 480 g/mol. The van der Waals surface area contributed by atoms with E-state index in [0.717, 1.165) is 41.8 Å². The lowest BCUT2D eigenvalue weighted by Gasteiger charge is -2.37. The number of nitrogens with zero attached hydrogens (tertiary/aromatic N) is 2. The number of carboxylic acid groups (broad SMARTS) is 1. The van der Waals surface area contributed by atoms with Gasteiger partial charge in [0.2, 0.25) is 0 Å². The summed E-state index contributed by atoms with van der Waals surface area (Å²) in [5, 5.41) is 9.63. The Morgan fingerprint density at radius 1 is 1.18 bits per heavy atom. The van der Waals surface area contributed by atoms with Crippen molar-refractivity contribution in [3.05, 3.63) is 47.5 Å². The van der Waals surface area contributed by atoms with Crippen molar-refractivity contribution >= 4 is 35.6 Å². The van der Waals surface area contributed by atoms with Crippen molar-refractivity contribution in [3.63, 3.8) is 0 Å². The standard InChI is InChI=1S/C26H28N2O5S/c1-32-18-5-6-19(16(12-18)4-7-24(29)33-2)17-13-20-21-15-27(26(30)31)10-8-22(21)28-9-3-11-34-23(14-17)25(20)28/h4-7,12-14,21-22H,3,8-11,15H2,1-2H3,(H,30,31)/b7-4+/t21-,22-/m0/s1. The lowest BCUT2D eigenvalue weighted by Crippen LogP contribution is -2.48. The van der Waals surface area contributed by atoms with Crippen LogP contribution >= 0.6 is 11.8 Å². The Hall–Kier alpha value is -3.13. The van der Waals surface area contributed by atoms with Crippen LogP contribution < -0.4 is 9.64 Å². The number of likely N-dealkylation sites (tertiary alicyclic amines) is 1. The minimum atomic E-state index is -0.846. The Morgan fingerprint density at radius 3 is 2.79 bits per heavy atom. The summed E-state index contributed by atoms with van der Waals surface area (Å²) >= 11 is 1.88. The van der Waals surface area contributed by atoms with E-state index in [4.69, 9.17) is 9.47 Å². The minimum absolute atomic E-state index is 0.157. The molecule has 3 heterocycles. The molecule has 2 aromatic carbocycles. The summed E-state index contributed by atoms with van der Waals surface area (Å²) in [6.07, 6.45) is 4.28. The van der Waals surface area contributed by atoms with E-state index in [9.17, 15) is 14.7 Å². The average Bonchev–Trinajstić information content (AvgIpc) is 3.01. The number of rotatable bonds is 4. The number of piperidine rings is 1. The minimum Gasteiger partial charge on any atom is -0.497 e. The van der Waals surface area contributed by atoms with E-state index in [1.807, 2.05) is 30.0 Å². The second-order valence-electron chi connectivity index (χ2n) is 8.81. The lowest BCUT2D eigenvalue weighted by atomic mass is 9.87. The smallest absolute Gasteiger partial charge is 0.407 e. The summed E-state index contributed by atoms with van der Waals surface area (Å²) < 4.78 is 10.2. The maximum absolute atomic E-state index is 11.8. The molecule has 1 N–H and O–H groups in total. The third-order valence-corrected chi connectivity index (χ3v) is 8.12. The maximum atomic E-state index is 11.8. The number of ether oxygens (including phenoxy) is 2. The van der Waals surface area contributed by atoms with Crippen LogP contribution in [0.2, 0.25) is 0 Å². The summed E-state index contributed by atoms with van der Waals surface area (Å²) in [6, 6.07) is 10.7. The van der Waals surface area contributed by atoms with Gasteiger partial charge in [0, 0.05) is 42.6 Å². The Labute approximate surface area is 203 Å². The molecule has 2 aromatic rings. The molecule has 7 nitrogen and oxygen atoms in total. The molecule has 0 unspecified atom stereocenters. The molecular formula is C26H28N2O5S. The van der Waals surface area contributed by atoms with Gasteiger partial charge in [-0.3, -0.25) is 0 Å². The number of carbonyl (C=O) groups excluding carboxylic acids is 1. The number of anilines is 1. The first-order valence-corrected chi connectivity index (χ1v) is 12.5. The van der Waals surface area contributed by atoms with Gasteiger partial charge in [-0.25, -0.2) is 9.59 Å². The molecule has 34 heavy (non-hydrogen) atoms. The van der Waals surface area contributed by atoms with Crippen LogP contribution in [0.5, 0.6) is 5.75 Å². The number of hydrogen-bond donors (Lipinski definition) is 1. The summed E-state index contributed by atoms with van der Waals surface area (Å²) in [5.74, 6) is 1.50. The molecule has 1 amide bonds. The van der Waals surface area contributed by atoms with Crippen LogP contribution in [-0.2, 0) is 9.53 Å². The third-order valence-electron chi connectivity index (χ3n) is 7.01. The molecule has 1 fully saturated rings. The van der Waals surface area contributed by atoms with Crippen LogP contribution in [0.4, 0.5) is 10.5 Å². The molecule has 5 rings (SSSR count). The lowest BCUT2D eigenvalue weighted by molar-refractivity contribution is -0.134. The zero-order valence-electron chi connectivity index (χ0n) is 19.3. The topological polar surface area (TPSA) is 79.3 Å². The van der Waals surface area contributed by atoms with Gasteiger partial charge in [-0.1, -0.05) is 6.07 Å². The molecule has 3 aliphatic rings. The molecular weight excluding hydrogens is 452 g/mol. The number of thioether (sulfide) groups is 1. The highest BCUT2D eigenvalue weighted by atomic mass is 32.2. The van der Waals surface area contributed by atoms with Gasteiger partial charge in [0.25, 0.3) is 0 Å². The molecule has 0 spiro atoms. The van der Waals surface area contributed by atoms with Gasteiger partial charge in [-0.05, 0) is 71.2 Å². The van der Waals surface area contributed by atoms with E-state index < -0.39 is 12.1 Å². The predicted octanol–water partition coefficient (Wildman–Crippen LogP) is 4.70. The van der Waals surface area contributed by atoms with E-state index >= 15 is 0 Å². The van der Waals surface area contributed by atoms with E-state index in [1.54, 1.807) is 18.1 Å². The fourth-order valence-electron chi connectivity index (χ4n) is 5.43. The molecule has 8 heteroatoms. The van der Waals surface area contributed by atoms with Crippen molar-refractivity contribution in [2.24, 2.45) is 0 Å². The van der Waals surface area contributed by atoms with Gasteiger partial charge in [0.05, 0.1) is 19.9 Å². The van der Waals surface area contributed by atoms with Crippen molar-refractivity contribution in [2.45, 2.75) is 29.7 Å². The van der Waals surface area contributed by atoms with Gasteiger partial charge in [0.1, 0.15) is 5.75 Å². The molecule has 3 aliphatic heterocycles. The summed E-state index contributed by atoms with van der Waals surface area (Å²) in [4.78, 5) is 28.8. The molecule has 178 valence electrons. The summed E-state index contributed by atoms with van der Waals surface area (Å²) in [7, 11) is 2.98. The zero-order valence-corrected chi connectivity index (χ0v) is 20.1.